The van der Waals surface area contributed by atoms with E-state index in [9.17, 15) is 14.7 Å². The van der Waals surface area contributed by atoms with Gasteiger partial charge in [-0.3, -0.25) is 9.59 Å². The standard InChI is InChI=1S/C30H44N2O4/c1-5-8-9-10-11-12-13-14-17-36-25-16-15-24(26(21-25)29(31)34)19-23-18-22(4)28(33)27(20-23)30(35)32(6-2)7-3/h15-16,18,20-21,33H,5-14,17,19H2,1-4H3,(H2,31,34). The summed E-state index contributed by atoms with van der Waals surface area (Å²) in [5, 5.41) is 10.5. The highest BCUT2D eigenvalue weighted by molar-refractivity contribution is 5.97. The maximum Gasteiger partial charge on any atom is 0.257 e. The van der Waals surface area contributed by atoms with Crippen LogP contribution in [0, 0.1) is 6.92 Å². The van der Waals surface area contributed by atoms with Crippen LogP contribution in [-0.2, 0) is 6.42 Å². The van der Waals surface area contributed by atoms with Crippen LogP contribution in [0.1, 0.15) is 110 Å². The predicted molar refractivity (Wildman–Crippen MR) is 146 cm³/mol. The highest BCUT2D eigenvalue weighted by atomic mass is 16.5. The topological polar surface area (TPSA) is 92.9 Å². The second kappa shape index (κ2) is 15.2. The first-order valence-electron chi connectivity index (χ1n) is 13.5. The molecule has 0 unspecified atom stereocenters. The summed E-state index contributed by atoms with van der Waals surface area (Å²) in [6, 6.07) is 8.98. The van der Waals surface area contributed by atoms with Crippen LogP contribution < -0.4 is 10.5 Å². The van der Waals surface area contributed by atoms with Crippen LogP contribution >= 0.6 is 0 Å². The van der Waals surface area contributed by atoms with Crippen LogP contribution in [0.4, 0.5) is 0 Å². The number of primary amides is 1. The zero-order valence-corrected chi connectivity index (χ0v) is 22.6. The number of rotatable bonds is 16. The van der Waals surface area contributed by atoms with Crippen molar-refractivity contribution < 1.29 is 19.4 Å². The van der Waals surface area contributed by atoms with Gasteiger partial charge in [0.1, 0.15) is 11.5 Å². The molecule has 0 aliphatic carbocycles. The Hall–Kier alpha value is -3.02. The summed E-state index contributed by atoms with van der Waals surface area (Å²) < 4.78 is 5.89. The molecule has 198 valence electrons. The van der Waals surface area contributed by atoms with E-state index >= 15 is 0 Å². The van der Waals surface area contributed by atoms with Crippen molar-refractivity contribution in [1.82, 2.24) is 4.90 Å². The van der Waals surface area contributed by atoms with Gasteiger partial charge in [0, 0.05) is 18.7 Å². The van der Waals surface area contributed by atoms with Crippen molar-refractivity contribution in [1.29, 1.82) is 0 Å². The lowest BCUT2D eigenvalue weighted by Gasteiger charge is -2.20. The smallest absolute Gasteiger partial charge is 0.257 e. The Labute approximate surface area is 216 Å². The number of phenols is 1. The molecule has 0 fully saturated rings. The maximum atomic E-state index is 12.9. The van der Waals surface area contributed by atoms with E-state index in [2.05, 4.69) is 6.92 Å². The zero-order valence-electron chi connectivity index (χ0n) is 22.6. The van der Waals surface area contributed by atoms with Gasteiger partial charge in [-0.25, -0.2) is 0 Å². The third kappa shape index (κ3) is 8.58. The van der Waals surface area contributed by atoms with E-state index in [4.69, 9.17) is 10.5 Å². The third-order valence-corrected chi connectivity index (χ3v) is 6.65. The summed E-state index contributed by atoms with van der Waals surface area (Å²) in [6.07, 6.45) is 10.3. The molecule has 2 aromatic rings. The van der Waals surface area contributed by atoms with Gasteiger partial charge in [-0.05, 0) is 68.5 Å². The molecule has 0 aromatic heterocycles. The lowest BCUT2D eigenvalue weighted by atomic mass is 9.95. The Balaban J connectivity index is 2.06. The summed E-state index contributed by atoms with van der Waals surface area (Å²) in [6.45, 7) is 9.55. The molecule has 6 heteroatoms. The number of carbonyl (C=O) groups is 2. The molecule has 2 amide bonds. The number of hydrogen-bond acceptors (Lipinski definition) is 4. The van der Waals surface area contributed by atoms with E-state index in [-0.39, 0.29) is 17.2 Å². The molecular weight excluding hydrogens is 452 g/mol. The van der Waals surface area contributed by atoms with E-state index in [0.29, 0.717) is 43.0 Å². The average Bonchev–Trinajstić information content (AvgIpc) is 2.86. The molecule has 3 N–H and O–H groups in total. The van der Waals surface area contributed by atoms with E-state index in [1.807, 2.05) is 32.0 Å². The molecule has 0 aliphatic heterocycles. The molecule has 0 spiro atoms. The number of aryl methyl sites for hydroxylation is 1. The molecule has 0 heterocycles. The minimum atomic E-state index is -0.516. The first-order chi connectivity index (χ1) is 17.3. The fourth-order valence-electron chi connectivity index (χ4n) is 4.48. The van der Waals surface area contributed by atoms with Gasteiger partial charge in [-0.15, -0.1) is 0 Å². The first kappa shape index (κ1) is 29.2. The van der Waals surface area contributed by atoms with Gasteiger partial charge in [0.2, 0.25) is 5.91 Å². The summed E-state index contributed by atoms with van der Waals surface area (Å²) in [4.78, 5) is 26.8. The van der Waals surface area contributed by atoms with Gasteiger partial charge < -0.3 is 20.5 Å². The lowest BCUT2D eigenvalue weighted by molar-refractivity contribution is 0.0769. The molecule has 0 atom stereocenters. The predicted octanol–water partition coefficient (Wildman–Crippen LogP) is 6.39. The van der Waals surface area contributed by atoms with Crippen molar-refractivity contribution in [2.24, 2.45) is 5.73 Å². The minimum absolute atomic E-state index is 0.00418. The van der Waals surface area contributed by atoms with Crippen molar-refractivity contribution >= 4 is 11.8 Å². The summed E-state index contributed by atoms with van der Waals surface area (Å²) in [7, 11) is 0. The number of nitrogens with zero attached hydrogens (tertiary/aromatic N) is 1. The largest absolute Gasteiger partial charge is 0.507 e. The second-order valence-electron chi connectivity index (χ2n) is 9.47. The molecule has 0 saturated heterocycles. The minimum Gasteiger partial charge on any atom is -0.507 e. The number of benzene rings is 2. The summed E-state index contributed by atoms with van der Waals surface area (Å²) >= 11 is 0. The Kier molecular flexibility index (Phi) is 12.3. The number of carbonyl (C=O) groups excluding carboxylic acids is 2. The van der Waals surface area contributed by atoms with Gasteiger partial charge in [-0.1, -0.05) is 64.0 Å². The zero-order chi connectivity index (χ0) is 26.5. The van der Waals surface area contributed by atoms with E-state index in [0.717, 1.165) is 24.0 Å². The van der Waals surface area contributed by atoms with Gasteiger partial charge in [0.15, 0.2) is 0 Å². The summed E-state index contributed by atoms with van der Waals surface area (Å²) in [5.41, 5.74) is 8.59. The van der Waals surface area contributed by atoms with Gasteiger partial charge in [-0.2, -0.15) is 0 Å². The first-order valence-corrected chi connectivity index (χ1v) is 13.5. The molecule has 36 heavy (non-hydrogen) atoms. The maximum absolute atomic E-state index is 12.9. The molecule has 6 nitrogen and oxygen atoms in total. The molecule has 0 saturated carbocycles. The van der Waals surface area contributed by atoms with Crippen LogP contribution in [0.15, 0.2) is 30.3 Å². The molecule has 0 bridgehead atoms. The van der Waals surface area contributed by atoms with E-state index in [1.165, 1.54) is 38.5 Å². The fourth-order valence-corrected chi connectivity index (χ4v) is 4.48. The molecule has 0 aliphatic rings. The van der Waals surface area contributed by atoms with Gasteiger partial charge in [0.25, 0.3) is 5.91 Å². The fraction of sp³-hybridized carbons (Fsp3) is 0.533. The Bertz CT molecular complexity index is 999. The normalized spacial score (nSPS) is 10.9. The molecule has 2 rings (SSSR count). The number of aromatic hydroxyl groups is 1. The Morgan fingerprint density at radius 1 is 0.889 bits per heavy atom. The van der Waals surface area contributed by atoms with Crippen molar-refractivity contribution in [3.63, 3.8) is 0 Å². The van der Waals surface area contributed by atoms with Gasteiger partial charge in [0.05, 0.1) is 12.2 Å². The van der Waals surface area contributed by atoms with Crippen molar-refractivity contribution in [2.45, 2.75) is 85.5 Å². The number of ether oxygens (including phenoxy) is 1. The van der Waals surface area contributed by atoms with Crippen LogP contribution in [-0.4, -0.2) is 41.5 Å². The van der Waals surface area contributed by atoms with E-state index in [1.54, 1.807) is 24.0 Å². The Morgan fingerprint density at radius 2 is 1.53 bits per heavy atom. The number of hydrogen-bond donors (Lipinski definition) is 2. The average molecular weight is 497 g/mol. The molecule has 2 aromatic carbocycles. The number of amides is 2. The van der Waals surface area contributed by atoms with Crippen LogP contribution in [0.2, 0.25) is 0 Å². The number of unbranched alkanes of at least 4 members (excludes halogenated alkanes) is 7. The highest BCUT2D eigenvalue weighted by Gasteiger charge is 2.20. The number of nitrogens with two attached hydrogens (primary N) is 1. The number of phenolic OH excluding ortho intramolecular Hbond substituents is 1. The van der Waals surface area contributed by atoms with Crippen molar-refractivity contribution in [3.05, 3.63) is 58.1 Å². The van der Waals surface area contributed by atoms with Crippen molar-refractivity contribution in [2.75, 3.05) is 19.7 Å². The molecular formula is C30H44N2O4. The van der Waals surface area contributed by atoms with Crippen LogP contribution in [0.3, 0.4) is 0 Å². The van der Waals surface area contributed by atoms with Crippen LogP contribution in [0.5, 0.6) is 11.5 Å². The van der Waals surface area contributed by atoms with Crippen LogP contribution in [0.25, 0.3) is 0 Å². The highest BCUT2D eigenvalue weighted by Crippen LogP contribution is 2.28. The van der Waals surface area contributed by atoms with Gasteiger partial charge >= 0.3 is 0 Å². The quantitative estimate of drug-likeness (QED) is 0.263. The van der Waals surface area contributed by atoms with Crippen molar-refractivity contribution in [3.8, 4) is 11.5 Å². The SMILES string of the molecule is CCCCCCCCCCOc1ccc(Cc2cc(C)c(O)c(C(=O)N(CC)CC)c2)c(C(N)=O)c1. The molecule has 0 radical (unpaired) electrons. The summed E-state index contributed by atoms with van der Waals surface area (Å²) in [5.74, 6) is -0.0926. The lowest BCUT2D eigenvalue weighted by Crippen LogP contribution is -2.30. The third-order valence-electron chi connectivity index (χ3n) is 6.65. The van der Waals surface area contributed by atoms with E-state index < -0.39 is 5.91 Å². The monoisotopic (exact) mass is 496 g/mol. The Morgan fingerprint density at radius 3 is 2.14 bits per heavy atom. The second-order valence-corrected chi connectivity index (χ2v) is 9.47.